The predicted octanol–water partition coefficient (Wildman–Crippen LogP) is 2.75. The lowest BCUT2D eigenvalue weighted by atomic mass is 10.1. The van der Waals surface area contributed by atoms with E-state index >= 15 is 0 Å². The molecule has 0 spiro atoms. The molecule has 0 saturated heterocycles. The molecule has 106 valence electrons. The summed E-state index contributed by atoms with van der Waals surface area (Å²) < 4.78 is 4.97. The molecule has 1 heterocycles. The molecule has 2 rings (SSSR count). The highest BCUT2D eigenvalue weighted by molar-refractivity contribution is 5.73. The molecule has 0 aliphatic carbocycles. The second-order valence-electron chi connectivity index (χ2n) is 4.65. The van der Waals surface area contributed by atoms with Crippen LogP contribution in [0.4, 0.5) is 4.79 Å². The molecule has 20 heavy (non-hydrogen) atoms. The number of rotatable bonds is 7. The summed E-state index contributed by atoms with van der Waals surface area (Å²) in [6.07, 6.45) is 6.04. The maximum atomic E-state index is 11.5. The van der Waals surface area contributed by atoms with Gasteiger partial charge in [0.15, 0.2) is 0 Å². The lowest BCUT2D eigenvalue weighted by Crippen LogP contribution is -2.37. The highest BCUT2D eigenvalue weighted by Crippen LogP contribution is 2.01. The van der Waals surface area contributed by atoms with Gasteiger partial charge in [0.1, 0.15) is 0 Å². The van der Waals surface area contributed by atoms with Gasteiger partial charge in [-0.25, -0.2) is 4.79 Å². The van der Waals surface area contributed by atoms with E-state index in [0.29, 0.717) is 13.1 Å². The molecule has 0 aliphatic heterocycles. The van der Waals surface area contributed by atoms with Gasteiger partial charge in [-0.1, -0.05) is 30.3 Å². The first-order valence-electron chi connectivity index (χ1n) is 6.91. The van der Waals surface area contributed by atoms with Crippen LogP contribution >= 0.6 is 0 Å². The van der Waals surface area contributed by atoms with Crippen molar-refractivity contribution in [3.63, 3.8) is 0 Å². The van der Waals surface area contributed by atoms with Crippen LogP contribution in [-0.2, 0) is 12.8 Å². The van der Waals surface area contributed by atoms with Crippen LogP contribution in [0.2, 0.25) is 0 Å². The standard InChI is InChI=1S/C16H20N2O2/c19-16(18-11-8-15-9-12-20-13-15)17-10-4-7-14-5-2-1-3-6-14/h1-3,5-6,9,12-13H,4,7-8,10-11H2,(H2,17,18,19). The summed E-state index contributed by atoms with van der Waals surface area (Å²) in [5.41, 5.74) is 2.39. The Bertz CT molecular complexity index is 494. The summed E-state index contributed by atoms with van der Waals surface area (Å²) in [6.45, 7) is 1.30. The summed E-state index contributed by atoms with van der Waals surface area (Å²) >= 11 is 0. The third-order valence-electron chi connectivity index (χ3n) is 3.05. The van der Waals surface area contributed by atoms with E-state index in [4.69, 9.17) is 4.42 Å². The monoisotopic (exact) mass is 272 g/mol. The number of benzene rings is 1. The molecule has 0 fully saturated rings. The second-order valence-corrected chi connectivity index (χ2v) is 4.65. The van der Waals surface area contributed by atoms with Gasteiger partial charge in [-0.15, -0.1) is 0 Å². The van der Waals surface area contributed by atoms with Gasteiger partial charge in [0.2, 0.25) is 0 Å². The van der Waals surface area contributed by atoms with Gasteiger partial charge in [-0.2, -0.15) is 0 Å². The number of furan rings is 1. The van der Waals surface area contributed by atoms with Crippen LogP contribution in [-0.4, -0.2) is 19.1 Å². The minimum absolute atomic E-state index is 0.110. The normalized spacial score (nSPS) is 10.2. The van der Waals surface area contributed by atoms with Crippen LogP contribution < -0.4 is 10.6 Å². The van der Waals surface area contributed by atoms with Gasteiger partial charge >= 0.3 is 6.03 Å². The molecule has 2 aromatic rings. The Labute approximate surface area is 119 Å². The average molecular weight is 272 g/mol. The minimum atomic E-state index is -0.110. The molecule has 0 aliphatic rings. The van der Waals surface area contributed by atoms with Crippen molar-refractivity contribution in [1.29, 1.82) is 0 Å². The molecule has 0 radical (unpaired) electrons. The summed E-state index contributed by atoms with van der Waals surface area (Å²) in [5.74, 6) is 0. The Morgan fingerprint density at radius 2 is 1.75 bits per heavy atom. The van der Waals surface area contributed by atoms with Gasteiger partial charge in [-0.3, -0.25) is 0 Å². The number of carbonyl (C=O) groups is 1. The molecular weight excluding hydrogens is 252 g/mol. The molecule has 0 saturated carbocycles. The van der Waals surface area contributed by atoms with E-state index in [1.165, 1.54) is 5.56 Å². The zero-order valence-corrected chi connectivity index (χ0v) is 11.5. The van der Waals surface area contributed by atoms with E-state index in [-0.39, 0.29) is 6.03 Å². The SMILES string of the molecule is O=C(NCCCc1ccccc1)NCCc1ccoc1. The van der Waals surface area contributed by atoms with Crippen molar-refractivity contribution in [2.75, 3.05) is 13.1 Å². The number of aryl methyl sites for hydroxylation is 1. The van der Waals surface area contributed by atoms with Gasteiger partial charge < -0.3 is 15.1 Å². The van der Waals surface area contributed by atoms with Gasteiger partial charge in [-0.05, 0) is 36.5 Å². The summed E-state index contributed by atoms with van der Waals surface area (Å²) in [4.78, 5) is 11.5. The molecule has 2 amide bonds. The molecule has 1 aromatic carbocycles. The fourth-order valence-electron chi connectivity index (χ4n) is 1.96. The summed E-state index contributed by atoms with van der Waals surface area (Å²) in [7, 11) is 0. The van der Waals surface area contributed by atoms with Crippen molar-refractivity contribution in [1.82, 2.24) is 10.6 Å². The zero-order valence-electron chi connectivity index (χ0n) is 11.5. The highest BCUT2D eigenvalue weighted by atomic mass is 16.3. The second kappa shape index (κ2) is 8.04. The van der Waals surface area contributed by atoms with Crippen molar-refractivity contribution in [3.05, 3.63) is 60.1 Å². The molecule has 0 unspecified atom stereocenters. The Kier molecular flexibility index (Phi) is 5.71. The van der Waals surface area contributed by atoms with Gasteiger partial charge in [0.25, 0.3) is 0 Å². The molecule has 0 atom stereocenters. The van der Waals surface area contributed by atoms with Crippen LogP contribution in [0, 0.1) is 0 Å². The van der Waals surface area contributed by atoms with E-state index in [2.05, 4.69) is 22.8 Å². The Hall–Kier alpha value is -2.23. The Balaban J connectivity index is 1.52. The average Bonchev–Trinajstić information content (AvgIpc) is 2.98. The van der Waals surface area contributed by atoms with Crippen LogP contribution in [0.1, 0.15) is 17.5 Å². The van der Waals surface area contributed by atoms with Crippen molar-refractivity contribution in [2.45, 2.75) is 19.3 Å². The van der Waals surface area contributed by atoms with E-state index in [0.717, 1.165) is 24.8 Å². The molecule has 1 aromatic heterocycles. The maximum Gasteiger partial charge on any atom is 0.314 e. The molecule has 4 nitrogen and oxygen atoms in total. The molecule has 2 N–H and O–H groups in total. The number of urea groups is 1. The number of hydrogen-bond acceptors (Lipinski definition) is 2. The smallest absolute Gasteiger partial charge is 0.314 e. The largest absolute Gasteiger partial charge is 0.472 e. The number of hydrogen-bond donors (Lipinski definition) is 2. The molecule has 0 bridgehead atoms. The first-order chi connectivity index (χ1) is 9.84. The first-order valence-corrected chi connectivity index (χ1v) is 6.91. The van der Waals surface area contributed by atoms with E-state index in [9.17, 15) is 4.79 Å². The lowest BCUT2D eigenvalue weighted by molar-refractivity contribution is 0.241. The van der Waals surface area contributed by atoms with Crippen LogP contribution in [0.15, 0.2) is 53.3 Å². The lowest BCUT2D eigenvalue weighted by Gasteiger charge is -2.07. The third-order valence-corrected chi connectivity index (χ3v) is 3.05. The molecule has 4 heteroatoms. The van der Waals surface area contributed by atoms with Crippen molar-refractivity contribution < 1.29 is 9.21 Å². The number of nitrogens with one attached hydrogen (secondary N) is 2. The summed E-state index contributed by atoms with van der Waals surface area (Å²) in [5, 5.41) is 5.69. The fourth-order valence-corrected chi connectivity index (χ4v) is 1.96. The van der Waals surface area contributed by atoms with Gasteiger partial charge in [0, 0.05) is 13.1 Å². The predicted molar refractivity (Wildman–Crippen MR) is 78.6 cm³/mol. The van der Waals surface area contributed by atoms with Crippen molar-refractivity contribution in [2.24, 2.45) is 0 Å². The van der Waals surface area contributed by atoms with Gasteiger partial charge in [0.05, 0.1) is 12.5 Å². The van der Waals surface area contributed by atoms with E-state index < -0.39 is 0 Å². The van der Waals surface area contributed by atoms with E-state index in [1.807, 2.05) is 24.3 Å². The Morgan fingerprint density at radius 3 is 2.50 bits per heavy atom. The fraction of sp³-hybridized carbons (Fsp3) is 0.312. The molecular formula is C16H20N2O2. The van der Waals surface area contributed by atoms with Crippen LogP contribution in [0.5, 0.6) is 0 Å². The van der Waals surface area contributed by atoms with Crippen LogP contribution in [0.3, 0.4) is 0 Å². The quantitative estimate of drug-likeness (QED) is 0.761. The number of carbonyl (C=O) groups excluding carboxylic acids is 1. The highest BCUT2D eigenvalue weighted by Gasteiger charge is 2.00. The summed E-state index contributed by atoms with van der Waals surface area (Å²) in [6, 6.07) is 12.1. The third kappa shape index (κ3) is 5.18. The Morgan fingerprint density at radius 1 is 0.950 bits per heavy atom. The first kappa shape index (κ1) is 14.2. The zero-order chi connectivity index (χ0) is 14.0. The van der Waals surface area contributed by atoms with Crippen LogP contribution in [0.25, 0.3) is 0 Å². The van der Waals surface area contributed by atoms with E-state index in [1.54, 1.807) is 12.5 Å². The minimum Gasteiger partial charge on any atom is -0.472 e. The topological polar surface area (TPSA) is 54.3 Å². The van der Waals surface area contributed by atoms with Crippen molar-refractivity contribution in [3.8, 4) is 0 Å². The maximum absolute atomic E-state index is 11.5. The number of amides is 2. The van der Waals surface area contributed by atoms with Crippen molar-refractivity contribution >= 4 is 6.03 Å².